The second-order valence-electron chi connectivity index (χ2n) is 6.35. The number of thiazole rings is 1. The molecule has 1 aromatic carbocycles. The van der Waals surface area contributed by atoms with Gasteiger partial charge in [-0.1, -0.05) is 0 Å². The van der Waals surface area contributed by atoms with E-state index in [2.05, 4.69) is 10.3 Å². The molecule has 134 valence electrons. The lowest BCUT2D eigenvalue weighted by molar-refractivity contribution is 0.0791. The molecule has 1 aliphatic heterocycles. The first-order chi connectivity index (χ1) is 12.1. The first kappa shape index (κ1) is 17.9. The number of ether oxygens (including phenoxy) is 1. The van der Waals surface area contributed by atoms with Crippen molar-refractivity contribution in [1.29, 1.82) is 0 Å². The lowest BCUT2D eigenvalue weighted by Crippen LogP contribution is -2.30. The van der Waals surface area contributed by atoms with Crippen molar-refractivity contribution < 1.29 is 9.53 Å². The molecule has 1 N–H and O–H groups in total. The van der Waals surface area contributed by atoms with Crippen molar-refractivity contribution in [1.82, 2.24) is 15.2 Å². The van der Waals surface area contributed by atoms with Gasteiger partial charge in [-0.3, -0.25) is 4.79 Å². The minimum absolute atomic E-state index is 0.116. The summed E-state index contributed by atoms with van der Waals surface area (Å²) in [5, 5.41) is 4.09. The smallest absolute Gasteiger partial charge is 0.265 e. The number of nitrogens with one attached hydrogen (secondary N) is 1. The Bertz CT molecular complexity index is 727. The summed E-state index contributed by atoms with van der Waals surface area (Å²) in [5.41, 5.74) is 1.83. The normalized spacial score (nSPS) is 17.1. The summed E-state index contributed by atoms with van der Waals surface area (Å²) in [4.78, 5) is 20.2. The highest BCUT2D eigenvalue weighted by Gasteiger charge is 2.29. The molecule has 1 aliphatic rings. The van der Waals surface area contributed by atoms with Crippen LogP contribution in [0.5, 0.6) is 5.75 Å². The fourth-order valence-electron chi connectivity index (χ4n) is 3.19. The minimum Gasteiger partial charge on any atom is -0.494 e. The summed E-state index contributed by atoms with van der Waals surface area (Å²) in [6, 6.07) is 7.88. The first-order valence-corrected chi connectivity index (χ1v) is 9.58. The van der Waals surface area contributed by atoms with Gasteiger partial charge in [0, 0.05) is 18.7 Å². The van der Waals surface area contributed by atoms with E-state index in [4.69, 9.17) is 4.74 Å². The predicted octanol–water partition coefficient (Wildman–Crippen LogP) is 3.20. The predicted molar refractivity (Wildman–Crippen MR) is 101 cm³/mol. The van der Waals surface area contributed by atoms with E-state index in [1.165, 1.54) is 11.3 Å². The minimum atomic E-state index is 0.116. The van der Waals surface area contributed by atoms with Crippen molar-refractivity contribution in [3.8, 4) is 16.3 Å². The Kier molecular flexibility index (Phi) is 5.71. The Morgan fingerprint density at radius 1 is 1.40 bits per heavy atom. The molecule has 0 aliphatic carbocycles. The Morgan fingerprint density at radius 2 is 2.16 bits per heavy atom. The topological polar surface area (TPSA) is 54.5 Å². The molecule has 0 radical (unpaired) electrons. The zero-order valence-corrected chi connectivity index (χ0v) is 15.9. The number of hydrogen-bond acceptors (Lipinski definition) is 5. The third-order valence-electron chi connectivity index (χ3n) is 4.47. The summed E-state index contributed by atoms with van der Waals surface area (Å²) in [6.07, 6.45) is 1.07. The molecular formula is C19H25N3O2S. The molecule has 6 heteroatoms. The number of rotatable bonds is 6. The summed E-state index contributed by atoms with van der Waals surface area (Å²) in [5.74, 6) is 1.52. The van der Waals surface area contributed by atoms with Crippen molar-refractivity contribution in [3.05, 3.63) is 34.8 Å². The highest BCUT2D eigenvalue weighted by atomic mass is 32.1. The Balaban J connectivity index is 1.75. The van der Waals surface area contributed by atoms with Crippen LogP contribution in [-0.2, 0) is 0 Å². The molecule has 1 amide bonds. The maximum Gasteiger partial charge on any atom is 0.265 e. The molecule has 2 aromatic rings. The summed E-state index contributed by atoms with van der Waals surface area (Å²) < 4.78 is 5.48. The van der Waals surface area contributed by atoms with E-state index in [1.54, 1.807) is 0 Å². The number of nitrogens with zero attached hydrogens (tertiary/aromatic N) is 2. The van der Waals surface area contributed by atoms with Crippen LogP contribution in [0.25, 0.3) is 10.6 Å². The molecule has 1 aromatic heterocycles. The molecule has 1 atom stereocenters. The average Bonchev–Trinajstić information content (AvgIpc) is 3.23. The molecule has 1 saturated heterocycles. The molecule has 1 fully saturated rings. The fourth-order valence-corrected chi connectivity index (χ4v) is 4.23. The number of amides is 1. The lowest BCUT2D eigenvalue weighted by Gasteiger charge is -2.15. The number of aryl methyl sites for hydroxylation is 1. The van der Waals surface area contributed by atoms with Crippen LogP contribution < -0.4 is 10.1 Å². The van der Waals surface area contributed by atoms with Gasteiger partial charge < -0.3 is 15.0 Å². The van der Waals surface area contributed by atoms with Crippen molar-refractivity contribution in [3.63, 3.8) is 0 Å². The first-order valence-electron chi connectivity index (χ1n) is 8.77. The lowest BCUT2D eigenvalue weighted by atomic mass is 10.1. The number of likely N-dealkylation sites (tertiary alicyclic amines) is 1. The molecule has 5 nitrogen and oxygen atoms in total. The number of carbonyl (C=O) groups excluding carboxylic acids is 1. The van der Waals surface area contributed by atoms with E-state index in [9.17, 15) is 4.79 Å². The van der Waals surface area contributed by atoms with Gasteiger partial charge in [-0.2, -0.15) is 0 Å². The Morgan fingerprint density at radius 3 is 2.84 bits per heavy atom. The summed E-state index contributed by atoms with van der Waals surface area (Å²) in [6.45, 7) is 7.16. The molecule has 0 bridgehead atoms. The highest BCUT2D eigenvalue weighted by Crippen LogP contribution is 2.31. The number of hydrogen-bond donors (Lipinski definition) is 1. The van der Waals surface area contributed by atoms with E-state index in [1.807, 2.05) is 50.1 Å². The van der Waals surface area contributed by atoms with Crippen LogP contribution >= 0.6 is 11.3 Å². The highest BCUT2D eigenvalue weighted by molar-refractivity contribution is 7.17. The Hall–Kier alpha value is -1.92. The maximum atomic E-state index is 12.9. The molecule has 0 saturated carbocycles. The van der Waals surface area contributed by atoms with Crippen LogP contribution in [0, 0.1) is 12.8 Å². The Labute approximate surface area is 153 Å². The van der Waals surface area contributed by atoms with E-state index in [0.29, 0.717) is 12.5 Å². The van der Waals surface area contributed by atoms with Crippen molar-refractivity contribution in [2.24, 2.45) is 5.92 Å². The van der Waals surface area contributed by atoms with Gasteiger partial charge in [0.25, 0.3) is 5.91 Å². The average molecular weight is 359 g/mol. The van der Waals surface area contributed by atoms with Gasteiger partial charge in [0.2, 0.25) is 0 Å². The summed E-state index contributed by atoms with van der Waals surface area (Å²) in [7, 11) is 1.96. The van der Waals surface area contributed by atoms with E-state index < -0.39 is 0 Å². The van der Waals surface area contributed by atoms with Gasteiger partial charge in [0.05, 0.1) is 12.3 Å². The molecule has 0 unspecified atom stereocenters. The fraction of sp³-hybridized carbons (Fsp3) is 0.474. The molecule has 2 heterocycles. The van der Waals surface area contributed by atoms with Crippen LogP contribution in [0.15, 0.2) is 24.3 Å². The summed E-state index contributed by atoms with van der Waals surface area (Å²) >= 11 is 1.48. The quantitative estimate of drug-likeness (QED) is 0.861. The van der Waals surface area contributed by atoms with Crippen LogP contribution in [0.1, 0.15) is 28.7 Å². The van der Waals surface area contributed by atoms with Gasteiger partial charge in [0.1, 0.15) is 15.6 Å². The van der Waals surface area contributed by atoms with Gasteiger partial charge >= 0.3 is 0 Å². The zero-order chi connectivity index (χ0) is 17.8. The largest absolute Gasteiger partial charge is 0.494 e. The van der Waals surface area contributed by atoms with E-state index in [-0.39, 0.29) is 5.91 Å². The van der Waals surface area contributed by atoms with Gasteiger partial charge in [-0.25, -0.2) is 4.98 Å². The van der Waals surface area contributed by atoms with Crippen LogP contribution in [0.2, 0.25) is 0 Å². The van der Waals surface area contributed by atoms with Gasteiger partial charge in [-0.05, 0) is 64.0 Å². The molecule has 3 rings (SSSR count). The van der Waals surface area contributed by atoms with Crippen molar-refractivity contribution in [2.75, 3.05) is 33.3 Å². The second-order valence-corrected chi connectivity index (χ2v) is 7.35. The SMILES string of the molecule is CCOc1ccc(-c2nc(C)c(C(=O)N3CC[C@H](CNC)C3)s2)cc1. The number of aromatic nitrogens is 1. The van der Waals surface area contributed by atoms with Crippen LogP contribution in [-0.4, -0.2) is 49.1 Å². The van der Waals surface area contributed by atoms with Crippen molar-refractivity contribution >= 4 is 17.2 Å². The molecular weight excluding hydrogens is 334 g/mol. The van der Waals surface area contributed by atoms with E-state index >= 15 is 0 Å². The maximum absolute atomic E-state index is 12.9. The van der Waals surface area contributed by atoms with Gasteiger partial charge in [0.15, 0.2) is 0 Å². The zero-order valence-electron chi connectivity index (χ0n) is 15.0. The molecule has 0 spiro atoms. The number of carbonyl (C=O) groups is 1. The monoisotopic (exact) mass is 359 g/mol. The second kappa shape index (κ2) is 7.97. The standard InChI is InChI=1S/C19H25N3O2S/c1-4-24-16-7-5-15(6-8-16)18-21-13(2)17(25-18)19(23)22-10-9-14(12-22)11-20-3/h5-8,14,20H,4,9-12H2,1-3H3/t14-/m1/s1. The van der Waals surface area contributed by atoms with Crippen LogP contribution in [0.3, 0.4) is 0 Å². The third kappa shape index (κ3) is 4.02. The third-order valence-corrected chi connectivity index (χ3v) is 5.66. The van der Waals surface area contributed by atoms with Crippen LogP contribution in [0.4, 0.5) is 0 Å². The van der Waals surface area contributed by atoms with Crippen molar-refractivity contribution in [2.45, 2.75) is 20.3 Å². The van der Waals surface area contributed by atoms with Gasteiger partial charge in [-0.15, -0.1) is 11.3 Å². The molecule has 25 heavy (non-hydrogen) atoms. The van der Waals surface area contributed by atoms with E-state index in [0.717, 1.165) is 52.9 Å². The number of benzene rings is 1.